The Bertz CT molecular complexity index is 248. The number of hydrogen-bond acceptors (Lipinski definition) is 5. The second-order valence-corrected chi connectivity index (χ2v) is 4.49. The summed E-state index contributed by atoms with van der Waals surface area (Å²) < 4.78 is 5.16. The van der Waals surface area contributed by atoms with E-state index in [9.17, 15) is 15.0 Å². The first-order chi connectivity index (χ1) is 8.10. The van der Waals surface area contributed by atoms with Crippen LogP contribution in [-0.2, 0) is 9.53 Å². The topological polar surface area (TPSA) is 90.8 Å². The highest BCUT2D eigenvalue weighted by atomic mass is 16.5. The van der Waals surface area contributed by atoms with E-state index in [0.29, 0.717) is 19.4 Å². The van der Waals surface area contributed by atoms with Gasteiger partial charge < -0.3 is 25.6 Å². The average Bonchev–Trinajstić information content (AvgIpc) is 2.85. The molecule has 1 fully saturated rings. The first-order valence-electron chi connectivity index (χ1n) is 5.90. The summed E-state index contributed by atoms with van der Waals surface area (Å²) in [4.78, 5) is 11.9. The van der Waals surface area contributed by atoms with Gasteiger partial charge in [0.1, 0.15) is 0 Å². The lowest BCUT2D eigenvalue weighted by molar-refractivity contribution is -0.126. The van der Waals surface area contributed by atoms with E-state index in [2.05, 4.69) is 10.6 Å². The maximum Gasteiger partial charge on any atom is 0.237 e. The van der Waals surface area contributed by atoms with Crippen LogP contribution in [0, 0.1) is 0 Å². The molecule has 1 heterocycles. The van der Waals surface area contributed by atoms with Crippen LogP contribution in [0.2, 0.25) is 0 Å². The van der Waals surface area contributed by atoms with Crippen LogP contribution in [0.25, 0.3) is 0 Å². The molecule has 2 unspecified atom stereocenters. The van der Waals surface area contributed by atoms with Crippen LogP contribution in [0.1, 0.15) is 19.8 Å². The molecule has 1 saturated heterocycles. The Morgan fingerprint density at radius 3 is 2.59 bits per heavy atom. The van der Waals surface area contributed by atoms with Gasteiger partial charge >= 0.3 is 0 Å². The Balaban J connectivity index is 2.54. The SMILES string of the molecule is CCC(CO)(CO)NC(=O)C1CC(OC)CN1. The monoisotopic (exact) mass is 246 g/mol. The number of ether oxygens (including phenoxy) is 1. The fraction of sp³-hybridized carbons (Fsp3) is 0.909. The van der Waals surface area contributed by atoms with E-state index in [1.807, 2.05) is 6.92 Å². The molecule has 0 radical (unpaired) electrons. The fourth-order valence-electron chi connectivity index (χ4n) is 1.87. The number of aliphatic hydroxyl groups is 2. The molecule has 100 valence electrons. The Hall–Kier alpha value is -0.690. The van der Waals surface area contributed by atoms with Gasteiger partial charge in [-0.3, -0.25) is 4.79 Å². The van der Waals surface area contributed by atoms with Crippen LogP contribution in [0.15, 0.2) is 0 Å². The molecule has 0 aromatic heterocycles. The van der Waals surface area contributed by atoms with Gasteiger partial charge in [-0.15, -0.1) is 0 Å². The molecule has 6 heteroatoms. The lowest BCUT2D eigenvalue weighted by Gasteiger charge is -2.30. The molecule has 6 nitrogen and oxygen atoms in total. The number of carbonyl (C=O) groups is 1. The summed E-state index contributed by atoms with van der Waals surface area (Å²) in [6.45, 7) is 1.91. The van der Waals surface area contributed by atoms with Crippen LogP contribution in [-0.4, -0.2) is 60.7 Å². The van der Waals surface area contributed by atoms with E-state index < -0.39 is 5.54 Å². The Morgan fingerprint density at radius 1 is 1.53 bits per heavy atom. The Kier molecular flexibility index (Phi) is 5.32. The highest BCUT2D eigenvalue weighted by molar-refractivity contribution is 5.83. The number of methoxy groups -OCH3 is 1. The zero-order chi connectivity index (χ0) is 12.9. The van der Waals surface area contributed by atoms with Gasteiger partial charge in [0, 0.05) is 13.7 Å². The molecule has 0 bridgehead atoms. The summed E-state index contributed by atoms with van der Waals surface area (Å²) in [5.74, 6) is -0.200. The first-order valence-corrected chi connectivity index (χ1v) is 5.90. The van der Waals surface area contributed by atoms with Crippen molar-refractivity contribution in [3.8, 4) is 0 Å². The molecule has 17 heavy (non-hydrogen) atoms. The number of nitrogens with one attached hydrogen (secondary N) is 2. The highest BCUT2D eigenvalue weighted by Gasteiger charge is 2.35. The molecule has 0 aromatic carbocycles. The standard InChI is InChI=1S/C11H22N2O4/c1-3-11(6-14,7-15)13-10(16)9-4-8(17-2)5-12-9/h8-9,12,14-15H,3-7H2,1-2H3,(H,13,16). The van der Waals surface area contributed by atoms with Gasteiger partial charge in [-0.2, -0.15) is 0 Å². The molecular weight excluding hydrogens is 224 g/mol. The number of rotatable bonds is 6. The molecule has 4 N–H and O–H groups in total. The smallest absolute Gasteiger partial charge is 0.237 e. The molecule has 0 aliphatic carbocycles. The van der Waals surface area contributed by atoms with Crippen molar-refractivity contribution < 1.29 is 19.7 Å². The summed E-state index contributed by atoms with van der Waals surface area (Å²) >= 11 is 0. The van der Waals surface area contributed by atoms with Crippen LogP contribution in [0.5, 0.6) is 0 Å². The van der Waals surface area contributed by atoms with E-state index in [1.54, 1.807) is 7.11 Å². The van der Waals surface area contributed by atoms with Crippen molar-refractivity contribution in [1.82, 2.24) is 10.6 Å². The second kappa shape index (κ2) is 6.30. The third-order valence-electron chi connectivity index (χ3n) is 3.41. The number of aliphatic hydroxyl groups excluding tert-OH is 2. The van der Waals surface area contributed by atoms with Crippen molar-refractivity contribution in [3.63, 3.8) is 0 Å². The van der Waals surface area contributed by atoms with Crippen LogP contribution in [0.4, 0.5) is 0 Å². The van der Waals surface area contributed by atoms with E-state index >= 15 is 0 Å². The zero-order valence-electron chi connectivity index (χ0n) is 10.4. The Labute approximate surface area is 101 Å². The minimum atomic E-state index is -0.927. The summed E-state index contributed by atoms with van der Waals surface area (Å²) in [6, 6.07) is -0.316. The molecule has 1 amide bonds. The van der Waals surface area contributed by atoms with E-state index in [0.717, 1.165) is 0 Å². The molecule has 1 rings (SSSR count). The van der Waals surface area contributed by atoms with Crippen molar-refractivity contribution in [2.24, 2.45) is 0 Å². The van der Waals surface area contributed by atoms with Crippen molar-refractivity contribution in [3.05, 3.63) is 0 Å². The summed E-state index contributed by atoms with van der Waals surface area (Å²) in [5.41, 5.74) is -0.927. The molecule has 1 aliphatic heterocycles. The normalized spacial score (nSPS) is 24.9. The zero-order valence-corrected chi connectivity index (χ0v) is 10.4. The largest absolute Gasteiger partial charge is 0.394 e. The van der Waals surface area contributed by atoms with Gasteiger partial charge in [0.15, 0.2) is 0 Å². The molecule has 0 aromatic rings. The summed E-state index contributed by atoms with van der Waals surface area (Å²) in [5, 5.41) is 24.3. The number of amides is 1. The lowest BCUT2D eigenvalue weighted by Crippen LogP contribution is -2.57. The maximum absolute atomic E-state index is 11.9. The van der Waals surface area contributed by atoms with Gasteiger partial charge in [-0.25, -0.2) is 0 Å². The summed E-state index contributed by atoms with van der Waals surface area (Å²) in [7, 11) is 1.62. The quantitative estimate of drug-likeness (QED) is 0.463. The van der Waals surface area contributed by atoms with Gasteiger partial charge in [0.05, 0.1) is 30.9 Å². The van der Waals surface area contributed by atoms with Crippen molar-refractivity contribution in [2.75, 3.05) is 26.9 Å². The molecule has 1 aliphatic rings. The number of carbonyl (C=O) groups excluding carboxylic acids is 1. The first kappa shape index (κ1) is 14.4. The minimum absolute atomic E-state index is 0.0463. The van der Waals surface area contributed by atoms with Gasteiger partial charge in [-0.05, 0) is 12.8 Å². The molecular formula is C11H22N2O4. The second-order valence-electron chi connectivity index (χ2n) is 4.49. The summed E-state index contributed by atoms with van der Waals surface area (Å²) in [6.07, 6.45) is 1.13. The lowest BCUT2D eigenvalue weighted by atomic mass is 9.97. The number of hydrogen-bond donors (Lipinski definition) is 4. The highest BCUT2D eigenvalue weighted by Crippen LogP contribution is 2.13. The van der Waals surface area contributed by atoms with Crippen molar-refractivity contribution in [2.45, 2.75) is 37.5 Å². The van der Waals surface area contributed by atoms with Gasteiger partial charge in [0.25, 0.3) is 0 Å². The third kappa shape index (κ3) is 3.38. The minimum Gasteiger partial charge on any atom is -0.394 e. The van der Waals surface area contributed by atoms with Gasteiger partial charge in [-0.1, -0.05) is 6.92 Å². The van der Waals surface area contributed by atoms with Crippen molar-refractivity contribution >= 4 is 5.91 Å². The van der Waals surface area contributed by atoms with Crippen LogP contribution >= 0.6 is 0 Å². The third-order valence-corrected chi connectivity index (χ3v) is 3.41. The van der Waals surface area contributed by atoms with Crippen LogP contribution in [0.3, 0.4) is 0 Å². The average molecular weight is 246 g/mol. The molecule has 0 saturated carbocycles. The molecule has 0 spiro atoms. The fourth-order valence-corrected chi connectivity index (χ4v) is 1.87. The van der Waals surface area contributed by atoms with Crippen LogP contribution < -0.4 is 10.6 Å². The molecule has 2 atom stereocenters. The Morgan fingerprint density at radius 2 is 2.18 bits per heavy atom. The maximum atomic E-state index is 11.9. The van der Waals surface area contributed by atoms with E-state index in [-0.39, 0.29) is 31.3 Å². The predicted molar refractivity (Wildman–Crippen MR) is 62.5 cm³/mol. The predicted octanol–water partition coefficient (Wildman–Crippen LogP) is -1.39. The van der Waals surface area contributed by atoms with E-state index in [1.165, 1.54) is 0 Å². The van der Waals surface area contributed by atoms with Gasteiger partial charge in [0.2, 0.25) is 5.91 Å². The van der Waals surface area contributed by atoms with E-state index in [4.69, 9.17) is 4.74 Å². The van der Waals surface area contributed by atoms with Crippen molar-refractivity contribution in [1.29, 1.82) is 0 Å².